The number of hydrogen-bond acceptors (Lipinski definition) is 3. The molecule has 0 aliphatic rings. The molecule has 0 saturated carbocycles. The fraction of sp³-hybridized carbons (Fsp3) is 0.444. The fourth-order valence-corrected chi connectivity index (χ4v) is 2.08. The molecule has 1 heterocycles. The average Bonchev–Trinajstić information content (AvgIpc) is 2.34. The van der Waals surface area contributed by atoms with Gasteiger partial charge in [0, 0.05) is 16.2 Å². The van der Waals surface area contributed by atoms with Crippen LogP contribution >= 0.6 is 11.3 Å². The predicted octanol–water partition coefficient (Wildman–Crippen LogP) is 1.40. The summed E-state index contributed by atoms with van der Waals surface area (Å²) in [5, 5.41) is 8.79. The van der Waals surface area contributed by atoms with Gasteiger partial charge in [-0.2, -0.15) is 0 Å². The summed E-state index contributed by atoms with van der Waals surface area (Å²) >= 11 is 1.59. The predicted molar refractivity (Wildman–Crippen MR) is 53.0 cm³/mol. The zero-order valence-corrected chi connectivity index (χ0v) is 8.52. The van der Waals surface area contributed by atoms with Crippen molar-refractivity contribution < 1.29 is 9.90 Å². The van der Waals surface area contributed by atoms with Crippen LogP contribution in [0.2, 0.25) is 0 Å². The lowest BCUT2D eigenvalue weighted by atomic mass is 9.99. The molecule has 4 heteroatoms. The van der Waals surface area contributed by atoms with Gasteiger partial charge in [-0.25, -0.2) is 0 Å². The summed E-state index contributed by atoms with van der Waals surface area (Å²) in [7, 11) is 0. The van der Waals surface area contributed by atoms with Gasteiger partial charge in [-0.05, 0) is 26.0 Å². The highest BCUT2D eigenvalue weighted by atomic mass is 32.1. The molecule has 0 spiro atoms. The van der Waals surface area contributed by atoms with Gasteiger partial charge in [-0.15, -0.1) is 11.3 Å². The molecule has 0 aliphatic heterocycles. The third-order valence-corrected chi connectivity index (χ3v) is 2.83. The Morgan fingerprint density at radius 3 is 2.69 bits per heavy atom. The van der Waals surface area contributed by atoms with Crippen molar-refractivity contribution in [2.75, 3.05) is 0 Å². The second-order valence-electron chi connectivity index (χ2n) is 3.41. The molecule has 3 nitrogen and oxygen atoms in total. The van der Waals surface area contributed by atoms with E-state index in [1.807, 2.05) is 19.1 Å². The minimum absolute atomic E-state index is 0.390. The first-order chi connectivity index (χ1) is 5.92. The summed E-state index contributed by atoms with van der Waals surface area (Å²) in [5.41, 5.74) is 4.45. The quantitative estimate of drug-likeness (QED) is 0.773. The van der Waals surface area contributed by atoms with E-state index in [0.717, 1.165) is 4.88 Å². The molecule has 1 atom stereocenters. The van der Waals surface area contributed by atoms with Crippen LogP contribution in [-0.2, 0) is 11.2 Å². The van der Waals surface area contributed by atoms with Crippen LogP contribution in [0.3, 0.4) is 0 Å². The lowest BCUT2D eigenvalue weighted by Crippen LogP contribution is -2.46. The molecule has 3 N–H and O–H groups in total. The van der Waals surface area contributed by atoms with Crippen molar-refractivity contribution in [3.8, 4) is 0 Å². The Balaban J connectivity index is 2.74. The maximum atomic E-state index is 10.7. The molecule has 0 aromatic carbocycles. The lowest BCUT2D eigenvalue weighted by Gasteiger charge is -2.17. The fourth-order valence-electron chi connectivity index (χ4n) is 1.02. The van der Waals surface area contributed by atoms with Crippen LogP contribution in [0.25, 0.3) is 0 Å². The number of rotatable bonds is 3. The number of carbonyl (C=O) groups is 1. The molecular weight excluding hydrogens is 186 g/mol. The van der Waals surface area contributed by atoms with Gasteiger partial charge in [0.1, 0.15) is 5.54 Å². The largest absolute Gasteiger partial charge is 0.480 e. The van der Waals surface area contributed by atoms with E-state index in [1.165, 1.54) is 11.8 Å². The first-order valence-corrected chi connectivity index (χ1v) is 4.81. The van der Waals surface area contributed by atoms with E-state index in [-0.39, 0.29) is 0 Å². The zero-order valence-electron chi connectivity index (χ0n) is 7.70. The number of thiophene rings is 1. The van der Waals surface area contributed by atoms with Crippen LogP contribution in [0, 0.1) is 6.92 Å². The summed E-state index contributed by atoms with van der Waals surface area (Å²) in [6.45, 7) is 3.52. The molecule has 0 saturated heterocycles. The molecule has 0 fully saturated rings. The highest BCUT2D eigenvalue weighted by molar-refractivity contribution is 7.11. The number of carboxylic acids is 1. The van der Waals surface area contributed by atoms with Crippen LogP contribution in [0.15, 0.2) is 12.1 Å². The molecule has 13 heavy (non-hydrogen) atoms. The molecule has 1 aromatic rings. The van der Waals surface area contributed by atoms with Gasteiger partial charge >= 0.3 is 5.97 Å². The SMILES string of the molecule is Cc1ccc(CC(C)(N)C(=O)O)s1. The summed E-state index contributed by atoms with van der Waals surface area (Å²) in [5.74, 6) is -0.960. The third-order valence-electron chi connectivity index (χ3n) is 1.83. The van der Waals surface area contributed by atoms with E-state index in [0.29, 0.717) is 6.42 Å². The van der Waals surface area contributed by atoms with Crippen LogP contribution in [0.1, 0.15) is 16.7 Å². The van der Waals surface area contributed by atoms with Crippen molar-refractivity contribution in [3.63, 3.8) is 0 Å². The molecule has 1 aromatic heterocycles. The Labute approximate surface area is 81.2 Å². The first-order valence-electron chi connectivity index (χ1n) is 3.99. The van der Waals surface area contributed by atoms with Crippen LogP contribution in [-0.4, -0.2) is 16.6 Å². The van der Waals surface area contributed by atoms with E-state index in [1.54, 1.807) is 11.3 Å². The molecule has 0 amide bonds. The lowest BCUT2D eigenvalue weighted by molar-refractivity contribution is -0.142. The highest BCUT2D eigenvalue weighted by Crippen LogP contribution is 2.19. The Kier molecular flexibility index (Phi) is 2.73. The van der Waals surface area contributed by atoms with Crippen molar-refractivity contribution in [1.29, 1.82) is 0 Å². The summed E-state index contributed by atoms with van der Waals surface area (Å²) < 4.78 is 0. The molecular formula is C9H13NO2S. The first kappa shape index (κ1) is 10.2. The zero-order chi connectivity index (χ0) is 10.1. The monoisotopic (exact) mass is 199 g/mol. The topological polar surface area (TPSA) is 63.3 Å². The van der Waals surface area contributed by atoms with Gasteiger partial charge in [0.05, 0.1) is 0 Å². The van der Waals surface area contributed by atoms with E-state index in [4.69, 9.17) is 10.8 Å². The smallest absolute Gasteiger partial charge is 0.323 e. The second kappa shape index (κ2) is 3.47. The third kappa shape index (κ3) is 2.54. The van der Waals surface area contributed by atoms with Gasteiger partial charge in [-0.3, -0.25) is 4.79 Å². The number of hydrogen-bond donors (Lipinski definition) is 2. The van der Waals surface area contributed by atoms with Crippen molar-refractivity contribution >= 4 is 17.3 Å². The van der Waals surface area contributed by atoms with Crippen LogP contribution in [0.4, 0.5) is 0 Å². The standard InChI is InChI=1S/C9H13NO2S/c1-6-3-4-7(13-6)5-9(2,10)8(11)12/h3-4H,5,10H2,1-2H3,(H,11,12). The molecule has 0 aliphatic carbocycles. The summed E-state index contributed by atoms with van der Waals surface area (Å²) in [4.78, 5) is 12.9. The van der Waals surface area contributed by atoms with Crippen molar-refractivity contribution in [3.05, 3.63) is 21.9 Å². The molecule has 72 valence electrons. The van der Waals surface area contributed by atoms with Gasteiger partial charge < -0.3 is 10.8 Å². The van der Waals surface area contributed by atoms with Crippen molar-refractivity contribution in [2.45, 2.75) is 25.8 Å². The number of carboxylic acid groups (broad SMARTS) is 1. The van der Waals surface area contributed by atoms with Crippen LogP contribution in [0.5, 0.6) is 0 Å². The van der Waals surface area contributed by atoms with E-state index >= 15 is 0 Å². The van der Waals surface area contributed by atoms with Gasteiger partial charge in [0.2, 0.25) is 0 Å². The normalized spacial score (nSPS) is 15.3. The Morgan fingerprint density at radius 2 is 2.31 bits per heavy atom. The maximum Gasteiger partial charge on any atom is 0.323 e. The highest BCUT2D eigenvalue weighted by Gasteiger charge is 2.28. The van der Waals surface area contributed by atoms with Crippen LogP contribution < -0.4 is 5.73 Å². The average molecular weight is 199 g/mol. The number of aryl methyl sites for hydroxylation is 1. The Morgan fingerprint density at radius 1 is 1.69 bits per heavy atom. The summed E-state index contributed by atoms with van der Waals surface area (Å²) in [6.07, 6.45) is 0.390. The van der Waals surface area contributed by atoms with Gasteiger partial charge in [0.15, 0.2) is 0 Å². The number of aliphatic carboxylic acids is 1. The van der Waals surface area contributed by atoms with Gasteiger partial charge in [-0.1, -0.05) is 0 Å². The molecule has 0 bridgehead atoms. The molecule has 0 radical (unpaired) electrons. The molecule has 1 unspecified atom stereocenters. The maximum absolute atomic E-state index is 10.7. The van der Waals surface area contributed by atoms with Crippen molar-refractivity contribution in [2.24, 2.45) is 5.73 Å². The van der Waals surface area contributed by atoms with E-state index in [9.17, 15) is 4.79 Å². The van der Waals surface area contributed by atoms with E-state index < -0.39 is 11.5 Å². The van der Waals surface area contributed by atoms with Crippen molar-refractivity contribution in [1.82, 2.24) is 0 Å². The van der Waals surface area contributed by atoms with E-state index in [2.05, 4.69) is 0 Å². The molecule has 1 rings (SSSR count). The second-order valence-corrected chi connectivity index (χ2v) is 4.78. The summed E-state index contributed by atoms with van der Waals surface area (Å²) in [6, 6.07) is 3.89. The Bertz CT molecular complexity index is 317. The van der Waals surface area contributed by atoms with Gasteiger partial charge in [0.25, 0.3) is 0 Å². The number of nitrogens with two attached hydrogens (primary N) is 1. The minimum Gasteiger partial charge on any atom is -0.480 e. The Hall–Kier alpha value is -0.870. The minimum atomic E-state index is -1.16.